The molecule has 0 bridgehead atoms. The maximum atomic E-state index is 11.3. The molecule has 0 aliphatic rings. The standard InChI is InChI=1S/C9H9BrN2OS/c1-5(13)7-4-6(10)2-3-8(7)12-9(11)14/h2-4H,1H3,(H3,11,12,14). The van der Waals surface area contributed by atoms with Crippen LogP contribution in [0.15, 0.2) is 22.7 Å². The number of hydrogen-bond acceptors (Lipinski definition) is 2. The second-order valence-corrected chi connectivity index (χ2v) is 4.09. The zero-order chi connectivity index (χ0) is 10.7. The Morgan fingerprint density at radius 1 is 1.57 bits per heavy atom. The van der Waals surface area contributed by atoms with Gasteiger partial charge in [-0.25, -0.2) is 0 Å². The molecule has 0 spiro atoms. The lowest BCUT2D eigenvalue weighted by atomic mass is 10.1. The Labute approximate surface area is 95.8 Å². The van der Waals surface area contributed by atoms with Crippen molar-refractivity contribution in [3.05, 3.63) is 28.2 Å². The molecule has 5 heteroatoms. The van der Waals surface area contributed by atoms with Crippen molar-refractivity contribution in [3.63, 3.8) is 0 Å². The molecule has 1 aromatic carbocycles. The molecule has 0 unspecified atom stereocenters. The predicted molar refractivity (Wildman–Crippen MR) is 64.6 cm³/mol. The van der Waals surface area contributed by atoms with Crippen molar-refractivity contribution in [2.45, 2.75) is 6.92 Å². The highest BCUT2D eigenvalue weighted by Gasteiger charge is 2.07. The van der Waals surface area contributed by atoms with E-state index in [4.69, 9.17) is 18.0 Å². The Bertz CT molecular complexity index is 392. The third-order valence-electron chi connectivity index (χ3n) is 1.62. The zero-order valence-corrected chi connectivity index (χ0v) is 9.91. The van der Waals surface area contributed by atoms with E-state index < -0.39 is 0 Å². The Balaban J connectivity index is 3.14. The first-order valence-corrected chi connectivity index (χ1v) is 5.08. The number of ketones is 1. The first-order valence-electron chi connectivity index (χ1n) is 3.87. The third kappa shape index (κ3) is 2.78. The fraction of sp³-hybridized carbons (Fsp3) is 0.111. The molecule has 0 aliphatic carbocycles. The highest BCUT2D eigenvalue weighted by molar-refractivity contribution is 9.10. The molecular weight excluding hydrogens is 264 g/mol. The predicted octanol–water partition coefficient (Wildman–Crippen LogP) is 2.31. The number of hydrogen-bond donors (Lipinski definition) is 2. The van der Waals surface area contributed by atoms with E-state index in [2.05, 4.69) is 21.2 Å². The monoisotopic (exact) mass is 272 g/mol. The topological polar surface area (TPSA) is 55.1 Å². The lowest BCUT2D eigenvalue weighted by Gasteiger charge is -2.08. The fourth-order valence-electron chi connectivity index (χ4n) is 1.05. The van der Waals surface area contributed by atoms with E-state index in [1.54, 1.807) is 12.1 Å². The van der Waals surface area contributed by atoms with Crippen LogP contribution in [0.1, 0.15) is 17.3 Å². The van der Waals surface area contributed by atoms with E-state index in [1.165, 1.54) is 6.92 Å². The molecule has 0 atom stereocenters. The van der Waals surface area contributed by atoms with Gasteiger partial charge in [-0.1, -0.05) is 15.9 Å². The number of thiocarbonyl (C=S) groups is 1. The van der Waals surface area contributed by atoms with Gasteiger partial charge < -0.3 is 11.1 Å². The van der Waals surface area contributed by atoms with Crippen molar-refractivity contribution < 1.29 is 4.79 Å². The summed E-state index contributed by atoms with van der Waals surface area (Å²) in [5.74, 6) is -0.0370. The summed E-state index contributed by atoms with van der Waals surface area (Å²) in [6.45, 7) is 1.49. The van der Waals surface area contributed by atoms with Gasteiger partial charge in [0.2, 0.25) is 0 Å². The smallest absolute Gasteiger partial charge is 0.168 e. The minimum absolute atomic E-state index is 0.0370. The molecule has 0 amide bonds. The summed E-state index contributed by atoms with van der Waals surface area (Å²) < 4.78 is 0.844. The number of carbonyl (C=O) groups excluding carboxylic acids is 1. The molecule has 0 saturated heterocycles. The number of nitrogens with two attached hydrogens (primary N) is 1. The van der Waals surface area contributed by atoms with Crippen molar-refractivity contribution in [2.75, 3.05) is 5.32 Å². The van der Waals surface area contributed by atoms with Crippen molar-refractivity contribution in [2.24, 2.45) is 5.73 Å². The number of halogens is 1. The van der Waals surface area contributed by atoms with Gasteiger partial charge in [-0.05, 0) is 37.3 Å². The first-order chi connectivity index (χ1) is 6.50. The van der Waals surface area contributed by atoms with Crippen LogP contribution in [0.2, 0.25) is 0 Å². The lowest BCUT2D eigenvalue weighted by Crippen LogP contribution is -2.20. The van der Waals surface area contributed by atoms with Gasteiger partial charge in [0.1, 0.15) is 0 Å². The van der Waals surface area contributed by atoms with Crippen LogP contribution < -0.4 is 11.1 Å². The average molecular weight is 273 g/mol. The zero-order valence-electron chi connectivity index (χ0n) is 7.50. The van der Waals surface area contributed by atoms with Crippen LogP contribution in [0.5, 0.6) is 0 Å². The maximum Gasteiger partial charge on any atom is 0.168 e. The van der Waals surface area contributed by atoms with E-state index >= 15 is 0 Å². The van der Waals surface area contributed by atoms with Gasteiger partial charge in [0.15, 0.2) is 10.9 Å². The largest absolute Gasteiger partial charge is 0.376 e. The molecule has 3 nitrogen and oxygen atoms in total. The maximum absolute atomic E-state index is 11.3. The van der Waals surface area contributed by atoms with Crippen molar-refractivity contribution >= 4 is 44.7 Å². The molecule has 0 heterocycles. The lowest BCUT2D eigenvalue weighted by molar-refractivity contribution is 0.101. The molecule has 0 radical (unpaired) electrons. The molecule has 1 rings (SSSR count). The Morgan fingerprint density at radius 2 is 2.21 bits per heavy atom. The molecule has 0 fully saturated rings. The van der Waals surface area contributed by atoms with Gasteiger partial charge in [0.05, 0.1) is 5.69 Å². The summed E-state index contributed by atoms with van der Waals surface area (Å²) in [6, 6.07) is 5.29. The minimum Gasteiger partial charge on any atom is -0.376 e. The summed E-state index contributed by atoms with van der Waals surface area (Å²) >= 11 is 7.99. The summed E-state index contributed by atoms with van der Waals surface area (Å²) in [6.07, 6.45) is 0. The van der Waals surface area contributed by atoms with Gasteiger partial charge in [-0.3, -0.25) is 4.79 Å². The highest BCUT2D eigenvalue weighted by Crippen LogP contribution is 2.21. The first kappa shape index (κ1) is 11.1. The summed E-state index contributed by atoms with van der Waals surface area (Å²) in [5, 5.41) is 2.90. The summed E-state index contributed by atoms with van der Waals surface area (Å²) in [4.78, 5) is 11.3. The van der Waals surface area contributed by atoms with Crippen LogP contribution in [-0.2, 0) is 0 Å². The van der Waals surface area contributed by atoms with E-state index in [-0.39, 0.29) is 10.9 Å². The molecule has 3 N–H and O–H groups in total. The Kier molecular flexibility index (Phi) is 3.60. The number of anilines is 1. The number of Topliss-reactive ketones (excluding diaryl/α,β-unsaturated/α-hetero) is 1. The minimum atomic E-state index is -0.0370. The second-order valence-electron chi connectivity index (χ2n) is 2.74. The molecule has 0 saturated carbocycles. The van der Waals surface area contributed by atoms with Crippen molar-refractivity contribution in [3.8, 4) is 0 Å². The number of rotatable bonds is 2. The molecule has 1 aromatic rings. The number of carbonyl (C=O) groups is 1. The van der Waals surface area contributed by atoms with Crippen LogP contribution in [0.25, 0.3) is 0 Å². The normalized spacial score (nSPS) is 9.57. The van der Waals surface area contributed by atoms with E-state index in [9.17, 15) is 4.79 Å². The summed E-state index contributed by atoms with van der Waals surface area (Å²) in [5.41, 5.74) is 6.52. The van der Waals surface area contributed by atoms with Crippen LogP contribution in [0.3, 0.4) is 0 Å². The number of benzene rings is 1. The van der Waals surface area contributed by atoms with Crippen LogP contribution in [0.4, 0.5) is 5.69 Å². The van der Waals surface area contributed by atoms with Crippen LogP contribution in [-0.4, -0.2) is 10.9 Å². The van der Waals surface area contributed by atoms with Gasteiger partial charge >= 0.3 is 0 Å². The van der Waals surface area contributed by atoms with Gasteiger partial charge in [0.25, 0.3) is 0 Å². The molecule has 0 aromatic heterocycles. The van der Waals surface area contributed by atoms with Crippen LogP contribution in [0, 0.1) is 0 Å². The highest BCUT2D eigenvalue weighted by atomic mass is 79.9. The average Bonchev–Trinajstić information content (AvgIpc) is 2.07. The fourth-order valence-corrected chi connectivity index (χ4v) is 1.52. The molecule has 14 heavy (non-hydrogen) atoms. The molecule has 0 aliphatic heterocycles. The summed E-state index contributed by atoms with van der Waals surface area (Å²) in [7, 11) is 0. The van der Waals surface area contributed by atoms with Gasteiger partial charge in [-0.2, -0.15) is 0 Å². The van der Waals surface area contributed by atoms with Crippen LogP contribution >= 0.6 is 28.1 Å². The van der Waals surface area contributed by atoms with E-state index in [1.807, 2.05) is 6.07 Å². The van der Waals surface area contributed by atoms with Crippen molar-refractivity contribution in [1.29, 1.82) is 0 Å². The Morgan fingerprint density at radius 3 is 2.71 bits per heavy atom. The second kappa shape index (κ2) is 4.52. The van der Waals surface area contributed by atoms with Gasteiger partial charge in [-0.15, -0.1) is 0 Å². The number of nitrogens with one attached hydrogen (secondary N) is 1. The SMILES string of the molecule is CC(=O)c1cc(Br)ccc1NC(N)=S. The van der Waals surface area contributed by atoms with E-state index in [0.717, 1.165) is 4.47 Å². The van der Waals surface area contributed by atoms with Gasteiger partial charge in [0, 0.05) is 10.0 Å². The Hall–Kier alpha value is -0.940. The molecular formula is C9H9BrN2OS. The van der Waals surface area contributed by atoms with Crippen molar-refractivity contribution in [1.82, 2.24) is 0 Å². The molecule has 74 valence electrons. The quantitative estimate of drug-likeness (QED) is 0.641. The third-order valence-corrected chi connectivity index (χ3v) is 2.21. The van der Waals surface area contributed by atoms with E-state index in [0.29, 0.717) is 11.3 Å².